The van der Waals surface area contributed by atoms with Gasteiger partial charge < -0.3 is 10.6 Å². The fourth-order valence-corrected chi connectivity index (χ4v) is 3.93. The third kappa shape index (κ3) is 5.48. The number of anilines is 1. The van der Waals surface area contributed by atoms with Gasteiger partial charge in [0.2, 0.25) is 5.91 Å². The lowest BCUT2D eigenvalue weighted by molar-refractivity contribution is -0.118. The van der Waals surface area contributed by atoms with Crippen LogP contribution >= 0.6 is 0 Å². The minimum atomic E-state index is -0.621. The minimum Gasteiger partial charge on any atom is -0.340 e. The normalized spacial score (nSPS) is 17.8. The SMILES string of the molecule is CCC(C)n1nc(C)c2c1NC(=O)[C@@H](NC(=O)c1cccc(C)c1)C2C.Fc1ccccc1. The summed E-state index contributed by atoms with van der Waals surface area (Å²) in [4.78, 5) is 25.3. The van der Waals surface area contributed by atoms with Crippen molar-refractivity contribution in [1.29, 1.82) is 0 Å². The van der Waals surface area contributed by atoms with E-state index in [0.717, 1.165) is 29.1 Å². The van der Waals surface area contributed by atoms with Gasteiger partial charge in [0.05, 0.1) is 11.7 Å². The van der Waals surface area contributed by atoms with Gasteiger partial charge in [-0.1, -0.05) is 49.7 Å². The number of amides is 2. The lowest BCUT2D eigenvalue weighted by Crippen LogP contribution is -2.49. The topological polar surface area (TPSA) is 76.0 Å². The Balaban J connectivity index is 0.000000374. The van der Waals surface area contributed by atoms with Crippen LogP contribution in [0.2, 0.25) is 0 Å². The highest BCUT2D eigenvalue weighted by Gasteiger charge is 2.38. The molecule has 33 heavy (non-hydrogen) atoms. The molecule has 1 aromatic heterocycles. The van der Waals surface area contributed by atoms with Crippen LogP contribution in [0, 0.1) is 19.7 Å². The van der Waals surface area contributed by atoms with Crippen molar-refractivity contribution >= 4 is 17.6 Å². The Kier molecular flexibility index (Phi) is 7.63. The van der Waals surface area contributed by atoms with E-state index in [1.54, 1.807) is 24.3 Å². The summed E-state index contributed by atoms with van der Waals surface area (Å²) in [5.74, 6) is -0.00482. The molecule has 0 bridgehead atoms. The van der Waals surface area contributed by atoms with Gasteiger partial charge in [-0.15, -0.1) is 0 Å². The third-order valence-electron chi connectivity index (χ3n) is 5.92. The molecule has 6 nitrogen and oxygen atoms in total. The molecule has 2 N–H and O–H groups in total. The third-order valence-corrected chi connectivity index (χ3v) is 5.92. The van der Waals surface area contributed by atoms with Crippen LogP contribution in [-0.4, -0.2) is 27.6 Å². The van der Waals surface area contributed by atoms with Crippen LogP contribution < -0.4 is 10.6 Å². The molecule has 0 saturated heterocycles. The van der Waals surface area contributed by atoms with Crippen molar-refractivity contribution in [3.05, 3.63) is 82.8 Å². The van der Waals surface area contributed by atoms with E-state index < -0.39 is 6.04 Å². The summed E-state index contributed by atoms with van der Waals surface area (Å²) in [6, 6.07) is 14.9. The first-order valence-corrected chi connectivity index (χ1v) is 11.2. The molecule has 2 heterocycles. The van der Waals surface area contributed by atoms with Crippen molar-refractivity contribution in [2.75, 3.05) is 5.32 Å². The second-order valence-electron chi connectivity index (χ2n) is 8.44. The number of benzene rings is 2. The van der Waals surface area contributed by atoms with Crippen molar-refractivity contribution in [2.24, 2.45) is 0 Å². The highest BCUT2D eigenvalue weighted by molar-refractivity contribution is 6.03. The molecule has 4 rings (SSSR count). The average molecular weight is 451 g/mol. The molecule has 3 atom stereocenters. The van der Waals surface area contributed by atoms with E-state index in [2.05, 4.69) is 29.6 Å². The van der Waals surface area contributed by atoms with Crippen LogP contribution in [0.5, 0.6) is 0 Å². The van der Waals surface area contributed by atoms with Gasteiger partial charge >= 0.3 is 0 Å². The molecular formula is C26H31FN4O2. The summed E-state index contributed by atoms with van der Waals surface area (Å²) in [5.41, 5.74) is 3.46. The van der Waals surface area contributed by atoms with Gasteiger partial charge in [0.25, 0.3) is 5.91 Å². The van der Waals surface area contributed by atoms with Crippen LogP contribution in [0.25, 0.3) is 0 Å². The fraction of sp³-hybridized carbons (Fsp3) is 0.346. The number of nitrogens with one attached hydrogen (secondary N) is 2. The maximum atomic E-state index is 12.7. The second kappa shape index (κ2) is 10.4. The Morgan fingerprint density at radius 3 is 2.45 bits per heavy atom. The second-order valence-corrected chi connectivity index (χ2v) is 8.44. The molecule has 0 radical (unpaired) electrons. The van der Waals surface area contributed by atoms with E-state index in [1.807, 2.05) is 43.7 Å². The van der Waals surface area contributed by atoms with Crippen molar-refractivity contribution in [1.82, 2.24) is 15.1 Å². The molecule has 0 saturated carbocycles. The summed E-state index contributed by atoms with van der Waals surface area (Å²) in [7, 11) is 0. The Labute approximate surface area is 194 Å². The van der Waals surface area contributed by atoms with Gasteiger partial charge in [0, 0.05) is 17.0 Å². The number of rotatable bonds is 4. The fourth-order valence-electron chi connectivity index (χ4n) is 3.93. The zero-order valence-corrected chi connectivity index (χ0v) is 19.7. The van der Waals surface area contributed by atoms with Gasteiger partial charge in [-0.3, -0.25) is 9.59 Å². The Morgan fingerprint density at radius 1 is 1.18 bits per heavy atom. The minimum absolute atomic E-state index is 0.148. The first-order chi connectivity index (χ1) is 15.7. The molecule has 0 aliphatic carbocycles. The number of aromatic nitrogens is 2. The summed E-state index contributed by atoms with van der Waals surface area (Å²) in [6.45, 7) is 10.0. The van der Waals surface area contributed by atoms with E-state index in [1.165, 1.54) is 12.1 Å². The van der Waals surface area contributed by atoms with E-state index in [-0.39, 0.29) is 29.6 Å². The van der Waals surface area contributed by atoms with Crippen LogP contribution in [0.3, 0.4) is 0 Å². The Bertz CT molecular complexity index is 1130. The number of hydrogen-bond donors (Lipinski definition) is 2. The summed E-state index contributed by atoms with van der Waals surface area (Å²) >= 11 is 0. The van der Waals surface area contributed by atoms with E-state index in [9.17, 15) is 14.0 Å². The van der Waals surface area contributed by atoms with E-state index in [0.29, 0.717) is 5.56 Å². The molecule has 2 aromatic carbocycles. The smallest absolute Gasteiger partial charge is 0.251 e. The molecule has 0 fully saturated rings. The van der Waals surface area contributed by atoms with Crippen molar-refractivity contribution < 1.29 is 14.0 Å². The maximum Gasteiger partial charge on any atom is 0.251 e. The van der Waals surface area contributed by atoms with Crippen LogP contribution in [-0.2, 0) is 4.79 Å². The first-order valence-electron chi connectivity index (χ1n) is 11.2. The number of carbonyl (C=O) groups is 2. The number of hydrogen-bond acceptors (Lipinski definition) is 3. The molecule has 174 valence electrons. The molecule has 0 spiro atoms. The molecule has 1 aliphatic heterocycles. The standard InChI is InChI=1S/C20H26N4O2.C6H5F/c1-6-12(3)24-18-16(14(5)23-24)13(4)17(20(26)22-18)21-19(25)15-9-7-8-11(2)10-15;7-6-4-2-1-3-5-6/h7-10,12-13,17H,6H2,1-5H3,(H,21,25)(H,22,26);1-5H/t12?,13?,17-;/m0./s1. The predicted molar refractivity (Wildman–Crippen MR) is 128 cm³/mol. The van der Waals surface area contributed by atoms with E-state index in [4.69, 9.17) is 0 Å². The Morgan fingerprint density at radius 2 is 1.88 bits per heavy atom. The van der Waals surface area contributed by atoms with Crippen LogP contribution in [0.1, 0.15) is 66.3 Å². The number of nitrogens with zero attached hydrogens (tertiary/aromatic N) is 2. The molecule has 1 aliphatic rings. The lowest BCUT2D eigenvalue weighted by atomic mass is 9.89. The summed E-state index contributed by atoms with van der Waals surface area (Å²) in [6.07, 6.45) is 0.922. The zero-order chi connectivity index (χ0) is 24.1. The number of halogens is 1. The quantitative estimate of drug-likeness (QED) is 0.577. The maximum absolute atomic E-state index is 12.7. The Hall–Kier alpha value is -3.48. The van der Waals surface area contributed by atoms with Gasteiger partial charge in [-0.2, -0.15) is 5.10 Å². The molecule has 2 amide bonds. The monoisotopic (exact) mass is 450 g/mol. The van der Waals surface area contributed by atoms with Gasteiger partial charge in [0.15, 0.2) is 0 Å². The average Bonchev–Trinajstić information content (AvgIpc) is 3.13. The van der Waals surface area contributed by atoms with Gasteiger partial charge in [-0.05, 0) is 51.5 Å². The molecule has 3 aromatic rings. The first kappa shape index (κ1) is 24.2. The molecule has 7 heteroatoms. The molecular weight excluding hydrogens is 419 g/mol. The summed E-state index contributed by atoms with van der Waals surface area (Å²) < 4.78 is 13.8. The zero-order valence-electron chi connectivity index (χ0n) is 19.7. The number of aryl methyl sites for hydroxylation is 2. The van der Waals surface area contributed by atoms with Crippen LogP contribution in [0.4, 0.5) is 10.2 Å². The lowest BCUT2D eigenvalue weighted by Gasteiger charge is -2.30. The van der Waals surface area contributed by atoms with Gasteiger partial charge in [0.1, 0.15) is 17.7 Å². The predicted octanol–water partition coefficient (Wildman–Crippen LogP) is 5.15. The highest BCUT2D eigenvalue weighted by atomic mass is 19.1. The van der Waals surface area contributed by atoms with E-state index >= 15 is 0 Å². The largest absolute Gasteiger partial charge is 0.340 e. The van der Waals surface area contributed by atoms with Crippen molar-refractivity contribution in [2.45, 2.75) is 59.0 Å². The van der Waals surface area contributed by atoms with Gasteiger partial charge in [-0.25, -0.2) is 9.07 Å². The number of carbonyl (C=O) groups excluding carboxylic acids is 2. The summed E-state index contributed by atoms with van der Waals surface area (Å²) in [5, 5.41) is 10.5. The highest BCUT2D eigenvalue weighted by Crippen LogP contribution is 2.36. The van der Waals surface area contributed by atoms with Crippen molar-refractivity contribution in [3.8, 4) is 0 Å². The number of fused-ring (bicyclic) bond motifs is 1. The van der Waals surface area contributed by atoms with Crippen LogP contribution in [0.15, 0.2) is 54.6 Å². The molecule has 2 unspecified atom stereocenters. The van der Waals surface area contributed by atoms with Crippen molar-refractivity contribution in [3.63, 3.8) is 0 Å².